The van der Waals surface area contributed by atoms with E-state index in [1.54, 1.807) is 5.57 Å². The van der Waals surface area contributed by atoms with E-state index in [1.165, 1.54) is 57.8 Å². The van der Waals surface area contributed by atoms with Crippen molar-refractivity contribution in [2.24, 2.45) is 46.8 Å². The summed E-state index contributed by atoms with van der Waals surface area (Å²) in [5.41, 5.74) is 2.22. The molecule has 7 unspecified atom stereocenters. The second-order valence-corrected chi connectivity index (χ2v) is 11.5. The van der Waals surface area contributed by atoms with E-state index in [9.17, 15) is 0 Å². The van der Waals surface area contributed by atoms with Crippen molar-refractivity contribution in [2.45, 2.75) is 127 Å². The third kappa shape index (κ3) is 7.14. The molecule has 0 saturated carbocycles. The smallest absolute Gasteiger partial charge is 0.0200 e. The lowest BCUT2D eigenvalue weighted by Gasteiger charge is -2.49. The van der Waals surface area contributed by atoms with Gasteiger partial charge in [-0.15, -0.1) is 0 Å². The van der Waals surface area contributed by atoms with Crippen molar-refractivity contribution in [1.29, 1.82) is 0 Å². The molecule has 0 bridgehead atoms. The van der Waals surface area contributed by atoms with E-state index in [-0.39, 0.29) is 0 Å². The van der Waals surface area contributed by atoms with Crippen molar-refractivity contribution in [3.8, 4) is 0 Å². The molecule has 0 spiro atoms. The first-order valence-electron chi connectivity index (χ1n) is 13.3. The van der Waals surface area contributed by atoms with Crippen LogP contribution in [0.25, 0.3) is 0 Å². The van der Waals surface area contributed by atoms with Gasteiger partial charge in [0.15, 0.2) is 0 Å². The fourth-order valence-corrected chi connectivity index (χ4v) is 6.64. The highest BCUT2D eigenvalue weighted by Crippen LogP contribution is 2.52. The molecule has 0 heterocycles. The van der Waals surface area contributed by atoms with Crippen LogP contribution in [0.5, 0.6) is 0 Å². The first kappa shape index (κ1) is 26.8. The zero-order valence-corrected chi connectivity index (χ0v) is 22.0. The van der Waals surface area contributed by atoms with Crippen molar-refractivity contribution in [1.82, 2.24) is 0 Å². The molecule has 0 N–H and O–H groups in total. The number of rotatable bonds is 13. The summed E-state index contributed by atoms with van der Waals surface area (Å²) >= 11 is 0. The minimum absolute atomic E-state index is 0.426. The van der Waals surface area contributed by atoms with E-state index in [0.717, 1.165) is 41.4 Å². The maximum absolute atomic E-state index is 2.70. The van der Waals surface area contributed by atoms with E-state index in [0.29, 0.717) is 5.41 Å². The molecule has 0 radical (unpaired) electrons. The molecule has 0 fully saturated rings. The van der Waals surface area contributed by atoms with Gasteiger partial charge in [0.1, 0.15) is 0 Å². The Morgan fingerprint density at radius 3 is 2.14 bits per heavy atom. The molecular formula is C29H56. The standard InChI is InChI=1S/C29H56/c1-11-15-22(6)20-25-17-18-27(26(16-12-2)24(25)8)28(14-4)29(9,10)23(7)19-21(5)13-3/h17,21-24,26-28H,11-16,18-20H2,1-10H3. The Kier molecular flexibility index (Phi) is 11.6. The van der Waals surface area contributed by atoms with E-state index in [2.05, 4.69) is 75.3 Å². The summed E-state index contributed by atoms with van der Waals surface area (Å²) < 4.78 is 0. The summed E-state index contributed by atoms with van der Waals surface area (Å²) in [5, 5.41) is 0. The summed E-state index contributed by atoms with van der Waals surface area (Å²) in [6, 6.07) is 0. The van der Waals surface area contributed by atoms with Gasteiger partial charge in [0.05, 0.1) is 0 Å². The molecular weight excluding hydrogens is 348 g/mol. The van der Waals surface area contributed by atoms with Crippen LogP contribution in [0.4, 0.5) is 0 Å². The Bertz CT molecular complexity index is 470. The van der Waals surface area contributed by atoms with Gasteiger partial charge >= 0.3 is 0 Å². The Morgan fingerprint density at radius 2 is 1.62 bits per heavy atom. The van der Waals surface area contributed by atoms with Crippen LogP contribution in [0.15, 0.2) is 11.6 Å². The average molecular weight is 405 g/mol. The van der Waals surface area contributed by atoms with Crippen molar-refractivity contribution in [3.63, 3.8) is 0 Å². The molecule has 0 heteroatoms. The number of hydrogen-bond acceptors (Lipinski definition) is 0. The van der Waals surface area contributed by atoms with E-state index in [1.807, 2.05) is 0 Å². The summed E-state index contributed by atoms with van der Waals surface area (Å²) in [4.78, 5) is 0. The Hall–Kier alpha value is -0.260. The lowest BCUT2D eigenvalue weighted by atomic mass is 9.56. The lowest BCUT2D eigenvalue weighted by molar-refractivity contribution is 0.0191. The Balaban J connectivity index is 3.08. The minimum Gasteiger partial charge on any atom is -0.0847 e. The van der Waals surface area contributed by atoms with Gasteiger partial charge in [-0.1, -0.05) is 113 Å². The van der Waals surface area contributed by atoms with Crippen LogP contribution in [0, 0.1) is 46.8 Å². The molecule has 0 aromatic heterocycles. The lowest BCUT2D eigenvalue weighted by Crippen LogP contribution is -2.42. The highest BCUT2D eigenvalue weighted by molar-refractivity contribution is 5.14. The fourth-order valence-electron chi connectivity index (χ4n) is 6.64. The maximum atomic E-state index is 2.70. The largest absolute Gasteiger partial charge is 0.0847 e. The van der Waals surface area contributed by atoms with Crippen molar-refractivity contribution in [2.75, 3.05) is 0 Å². The van der Waals surface area contributed by atoms with Crippen LogP contribution >= 0.6 is 0 Å². The van der Waals surface area contributed by atoms with Gasteiger partial charge in [0, 0.05) is 0 Å². The first-order valence-corrected chi connectivity index (χ1v) is 13.3. The summed E-state index contributed by atoms with van der Waals surface area (Å²) in [7, 11) is 0. The van der Waals surface area contributed by atoms with Crippen molar-refractivity contribution in [3.05, 3.63) is 11.6 Å². The SMILES string of the molecule is CCCC(C)CC1=CCC(C(CC)C(C)(C)C(C)CC(C)CC)C(CCC)C1C. The zero-order valence-electron chi connectivity index (χ0n) is 22.0. The molecule has 0 nitrogen and oxygen atoms in total. The van der Waals surface area contributed by atoms with Gasteiger partial charge in [0.25, 0.3) is 0 Å². The molecule has 0 saturated heterocycles. The monoisotopic (exact) mass is 404 g/mol. The second kappa shape index (κ2) is 12.6. The fraction of sp³-hybridized carbons (Fsp3) is 0.931. The highest BCUT2D eigenvalue weighted by atomic mass is 14.5. The van der Waals surface area contributed by atoms with E-state index < -0.39 is 0 Å². The summed E-state index contributed by atoms with van der Waals surface area (Å²) in [5.74, 6) is 5.87. The quantitative estimate of drug-likeness (QED) is 0.268. The second-order valence-electron chi connectivity index (χ2n) is 11.5. The Morgan fingerprint density at radius 1 is 0.966 bits per heavy atom. The number of allylic oxidation sites excluding steroid dienone is 2. The zero-order chi connectivity index (χ0) is 22.2. The molecule has 1 rings (SSSR count). The van der Waals surface area contributed by atoms with Crippen LogP contribution in [0.1, 0.15) is 127 Å². The average Bonchev–Trinajstić information content (AvgIpc) is 2.66. The van der Waals surface area contributed by atoms with Gasteiger partial charge in [-0.25, -0.2) is 0 Å². The van der Waals surface area contributed by atoms with Crippen LogP contribution in [0.3, 0.4) is 0 Å². The van der Waals surface area contributed by atoms with Gasteiger partial charge in [-0.3, -0.25) is 0 Å². The molecule has 0 amide bonds. The molecule has 172 valence electrons. The summed E-state index contributed by atoms with van der Waals surface area (Å²) in [6.07, 6.45) is 14.9. The van der Waals surface area contributed by atoms with Crippen LogP contribution in [-0.2, 0) is 0 Å². The number of hydrogen-bond donors (Lipinski definition) is 0. The third-order valence-electron chi connectivity index (χ3n) is 9.05. The molecule has 1 aliphatic carbocycles. The summed E-state index contributed by atoms with van der Waals surface area (Å²) in [6.45, 7) is 24.8. The molecule has 7 atom stereocenters. The minimum atomic E-state index is 0.426. The van der Waals surface area contributed by atoms with Crippen LogP contribution in [-0.4, -0.2) is 0 Å². The van der Waals surface area contributed by atoms with E-state index >= 15 is 0 Å². The predicted octanol–water partition coefficient (Wildman–Crippen LogP) is 9.94. The molecule has 29 heavy (non-hydrogen) atoms. The van der Waals surface area contributed by atoms with Gasteiger partial charge in [-0.2, -0.15) is 0 Å². The molecule has 0 aromatic carbocycles. The van der Waals surface area contributed by atoms with Gasteiger partial charge < -0.3 is 0 Å². The third-order valence-corrected chi connectivity index (χ3v) is 9.05. The van der Waals surface area contributed by atoms with E-state index in [4.69, 9.17) is 0 Å². The van der Waals surface area contributed by atoms with Crippen molar-refractivity contribution < 1.29 is 0 Å². The molecule has 0 aliphatic heterocycles. The predicted molar refractivity (Wildman–Crippen MR) is 133 cm³/mol. The normalized spacial score (nSPS) is 27.2. The molecule has 0 aromatic rings. The van der Waals surface area contributed by atoms with Crippen molar-refractivity contribution >= 4 is 0 Å². The van der Waals surface area contributed by atoms with Crippen LogP contribution in [0.2, 0.25) is 0 Å². The molecule has 1 aliphatic rings. The topological polar surface area (TPSA) is 0 Å². The van der Waals surface area contributed by atoms with Gasteiger partial charge in [-0.05, 0) is 72.5 Å². The maximum Gasteiger partial charge on any atom is -0.0200 e. The first-order chi connectivity index (χ1) is 13.6. The highest BCUT2D eigenvalue weighted by Gasteiger charge is 2.43. The Labute approximate surface area is 185 Å². The van der Waals surface area contributed by atoms with Crippen LogP contribution < -0.4 is 0 Å². The van der Waals surface area contributed by atoms with Gasteiger partial charge in [0.2, 0.25) is 0 Å².